The lowest BCUT2D eigenvalue weighted by Crippen LogP contribution is -2.12. The largest absolute Gasteiger partial charge is 0.489 e. The number of carboxylic acid groups (broad SMARTS) is 1. The number of ether oxygens (including phenoxy) is 3. The molecule has 0 spiro atoms. The van der Waals surface area contributed by atoms with Crippen molar-refractivity contribution in [1.82, 2.24) is 15.2 Å². The maximum Gasteiger partial charge on any atom is 0.356 e. The van der Waals surface area contributed by atoms with Crippen LogP contribution in [0, 0.1) is 6.92 Å². The van der Waals surface area contributed by atoms with Crippen molar-refractivity contribution in [3.63, 3.8) is 0 Å². The number of carboxylic acids is 1. The van der Waals surface area contributed by atoms with E-state index in [1.165, 1.54) is 0 Å². The Morgan fingerprint density at radius 1 is 1.08 bits per heavy atom. The summed E-state index contributed by atoms with van der Waals surface area (Å²) in [6, 6.07) is 18.4. The first-order valence-electron chi connectivity index (χ1n) is 12.3. The molecule has 0 aliphatic heterocycles. The standard InChI is InChI=1S/C29H29N3O6/c1-3-36-29(35)25-16-24(31-32-25)23-11-10-21(37-18-20-8-6-14-30-17-20)15-27(23)38-26(12-13-28(33)34)22-9-5-4-7-19(22)2/h4-11,14-17,26H,3,12-13,18H2,1-2H3,(H,31,32)(H,33,34). The van der Waals surface area contributed by atoms with Crippen molar-refractivity contribution in [1.29, 1.82) is 0 Å². The number of nitrogens with one attached hydrogen (secondary N) is 1. The number of hydrogen-bond donors (Lipinski definition) is 2. The van der Waals surface area contributed by atoms with Crippen molar-refractivity contribution < 1.29 is 28.9 Å². The molecule has 0 fully saturated rings. The van der Waals surface area contributed by atoms with Gasteiger partial charge in [0.1, 0.15) is 29.9 Å². The smallest absolute Gasteiger partial charge is 0.356 e. The number of pyridine rings is 1. The second-order valence-corrected chi connectivity index (χ2v) is 8.59. The highest BCUT2D eigenvalue weighted by Crippen LogP contribution is 2.37. The quantitative estimate of drug-likeness (QED) is 0.236. The molecule has 0 aliphatic rings. The number of nitrogens with zero attached hydrogens (tertiary/aromatic N) is 2. The molecule has 4 aromatic rings. The fourth-order valence-electron chi connectivity index (χ4n) is 3.96. The number of aromatic nitrogens is 3. The number of hydrogen-bond acceptors (Lipinski definition) is 7. The summed E-state index contributed by atoms with van der Waals surface area (Å²) in [5.74, 6) is -0.429. The van der Waals surface area contributed by atoms with Gasteiger partial charge in [-0.05, 0) is 55.7 Å². The molecule has 4 rings (SSSR count). The van der Waals surface area contributed by atoms with E-state index in [-0.39, 0.29) is 25.1 Å². The van der Waals surface area contributed by atoms with Crippen LogP contribution in [0.15, 0.2) is 73.1 Å². The van der Waals surface area contributed by atoms with Crippen LogP contribution in [-0.2, 0) is 16.1 Å². The van der Waals surface area contributed by atoms with Gasteiger partial charge in [0, 0.05) is 36.0 Å². The molecule has 196 valence electrons. The number of aliphatic carboxylic acids is 1. The molecule has 0 saturated carbocycles. The molecule has 0 bridgehead atoms. The Kier molecular flexibility index (Phi) is 8.71. The lowest BCUT2D eigenvalue weighted by atomic mass is 9.99. The van der Waals surface area contributed by atoms with Crippen molar-refractivity contribution in [3.05, 3.63) is 95.4 Å². The van der Waals surface area contributed by atoms with Gasteiger partial charge in [-0.3, -0.25) is 14.9 Å². The minimum Gasteiger partial charge on any atom is -0.489 e. The zero-order valence-electron chi connectivity index (χ0n) is 21.2. The van der Waals surface area contributed by atoms with E-state index in [1.807, 2.05) is 43.3 Å². The average molecular weight is 516 g/mol. The molecule has 2 aromatic carbocycles. The number of aryl methyl sites for hydroxylation is 1. The first-order valence-corrected chi connectivity index (χ1v) is 12.3. The maximum absolute atomic E-state index is 12.2. The number of esters is 1. The summed E-state index contributed by atoms with van der Waals surface area (Å²) < 4.78 is 17.6. The summed E-state index contributed by atoms with van der Waals surface area (Å²) in [5.41, 5.74) is 4.08. The Bertz CT molecular complexity index is 1390. The van der Waals surface area contributed by atoms with Crippen LogP contribution in [0.25, 0.3) is 11.3 Å². The lowest BCUT2D eigenvalue weighted by molar-refractivity contribution is -0.137. The van der Waals surface area contributed by atoms with Gasteiger partial charge < -0.3 is 19.3 Å². The van der Waals surface area contributed by atoms with Crippen LogP contribution >= 0.6 is 0 Å². The predicted octanol–water partition coefficient (Wildman–Crippen LogP) is 5.52. The van der Waals surface area contributed by atoms with Gasteiger partial charge >= 0.3 is 11.9 Å². The number of rotatable bonds is 12. The maximum atomic E-state index is 12.2. The Labute approximate surface area is 220 Å². The molecular weight excluding hydrogens is 486 g/mol. The topological polar surface area (TPSA) is 124 Å². The van der Waals surface area contributed by atoms with Crippen molar-refractivity contribution in [2.24, 2.45) is 0 Å². The number of benzene rings is 2. The van der Waals surface area contributed by atoms with Crippen LogP contribution in [0.3, 0.4) is 0 Å². The lowest BCUT2D eigenvalue weighted by Gasteiger charge is -2.23. The van der Waals surface area contributed by atoms with Gasteiger partial charge in [-0.25, -0.2) is 4.79 Å². The molecule has 2 aromatic heterocycles. The summed E-state index contributed by atoms with van der Waals surface area (Å²) >= 11 is 0. The van der Waals surface area contributed by atoms with E-state index < -0.39 is 18.0 Å². The van der Waals surface area contributed by atoms with Crippen molar-refractivity contribution in [3.8, 4) is 22.8 Å². The zero-order chi connectivity index (χ0) is 26.9. The Morgan fingerprint density at radius 3 is 2.66 bits per heavy atom. The van der Waals surface area contributed by atoms with Gasteiger partial charge in [-0.1, -0.05) is 30.3 Å². The van der Waals surface area contributed by atoms with E-state index in [1.54, 1.807) is 43.6 Å². The minimum atomic E-state index is -0.910. The molecular formula is C29H29N3O6. The third-order valence-electron chi connectivity index (χ3n) is 5.86. The molecule has 2 N–H and O–H groups in total. The molecule has 1 unspecified atom stereocenters. The van der Waals surface area contributed by atoms with E-state index in [0.29, 0.717) is 29.4 Å². The van der Waals surface area contributed by atoms with E-state index in [9.17, 15) is 14.7 Å². The number of carbonyl (C=O) groups excluding carboxylic acids is 1. The molecule has 2 heterocycles. The normalized spacial score (nSPS) is 11.5. The van der Waals surface area contributed by atoms with Crippen LogP contribution in [-0.4, -0.2) is 38.8 Å². The molecule has 9 heteroatoms. The first-order chi connectivity index (χ1) is 18.4. The van der Waals surface area contributed by atoms with Crippen LogP contribution in [0.1, 0.15) is 53.0 Å². The van der Waals surface area contributed by atoms with Gasteiger partial charge in [0.25, 0.3) is 0 Å². The summed E-state index contributed by atoms with van der Waals surface area (Å²) in [5, 5.41) is 16.4. The molecule has 0 amide bonds. The van der Waals surface area contributed by atoms with Crippen LogP contribution < -0.4 is 9.47 Å². The highest BCUT2D eigenvalue weighted by molar-refractivity contribution is 5.89. The Morgan fingerprint density at radius 2 is 1.92 bits per heavy atom. The van der Waals surface area contributed by atoms with Gasteiger partial charge in [0.15, 0.2) is 0 Å². The summed E-state index contributed by atoms with van der Waals surface area (Å²) in [4.78, 5) is 27.7. The van der Waals surface area contributed by atoms with Crippen LogP contribution in [0.4, 0.5) is 0 Å². The number of aromatic amines is 1. The Balaban J connectivity index is 1.70. The summed E-state index contributed by atoms with van der Waals surface area (Å²) in [7, 11) is 0. The van der Waals surface area contributed by atoms with Crippen molar-refractivity contribution >= 4 is 11.9 Å². The molecule has 1 atom stereocenters. The average Bonchev–Trinajstić information content (AvgIpc) is 3.41. The van der Waals surface area contributed by atoms with Gasteiger partial charge in [-0.15, -0.1) is 0 Å². The minimum absolute atomic E-state index is 0.0685. The van der Waals surface area contributed by atoms with Crippen molar-refractivity contribution in [2.45, 2.75) is 39.4 Å². The monoisotopic (exact) mass is 515 g/mol. The molecule has 0 radical (unpaired) electrons. The van der Waals surface area contributed by atoms with E-state index >= 15 is 0 Å². The molecule has 0 aliphatic carbocycles. The molecule has 0 saturated heterocycles. The second-order valence-electron chi connectivity index (χ2n) is 8.59. The highest BCUT2D eigenvalue weighted by Gasteiger charge is 2.22. The number of H-pyrrole nitrogens is 1. The van der Waals surface area contributed by atoms with Crippen LogP contribution in [0.5, 0.6) is 11.5 Å². The fraction of sp³-hybridized carbons (Fsp3) is 0.241. The summed E-state index contributed by atoms with van der Waals surface area (Å²) in [6.07, 6.45) is 3.08. The second kappa shape index (κ2) is 12.5. The van der Waals surface area contributed by atoms with Crippen molar-refractivity contribution in [2.75, 3.05) is 6.61 Å². The van der Waals surface area contributed by atoms with E-state index in [4.69, 9.17) is 14.2 Å². The number of carbonyl (C=O) groups is 2. The van der Waals surface area contributed by atoms with Gasteiger partial charge in [0.05, 0.1) is 12.3 Å². The third-order valence-corrected chi connectivity index (χ3v) is 5.86. The highest BCUT2D eigenvalue weighted by atomic mass is 16.5. The van der Waals surface area contributed by atoms with Crippen LogP contribution in [0.2, 0.25) is 0 Å². The molecule has 9 nitrogen and oxygen atoms in total. The van der Waals surface area contributed by atoms with E-state index in [2.05, 4.69) is 15.2 Å². The fourth-order valence-corrected chi connectivity index (χ4v) is 3.96. The Hall–Kier alpha value is -4.66. The van der Waals surface area contributed by atoms with Gasteiger partial charge in [-0.2, -0.15) is 5.10 Å². The first kappa shape index (κ1) is 26.4. The summed E-state index contributed by atoms with van der Waals surface area (Å²) in [6.45, 7) is 4.24. The zero-order valence-corrected chi connectivity index (χ0v) is 21.2. The third kappa shape index (κ3) is 6.76. The molecule has 38 heavy (non-hydrogen) atoms. The van der Waals surface area contributed by atoms with Gasteiger partial charge in [0.2, 0.25) is 0 Å². The van der Waals surface area contributed by atoms with E-state index in [0.717, 1.165) is 16.7 Å². The SMILES string of the molecule is CCOC(=O)c1cc(-c2ccc(OCc3cccnc3)cc2OC(CCC(=O)O)c2ccccc2C)n[nH]1. The predicted molar refractivity (Wildman–Crippen MR) is 140 cm³/mol.